The summed E-state index contributed by atoms with van der Waals surface area (Å²) in [5.41, 5.74) is 2.11. The van der Waals surface area contributed by atoms with E-state index < -0.39 is 18.1 Å². The molecule has 0 fully saturated rings. The highest BCUT2D eigenvalue weighted by Gasteiger charge is 2.38. The van der Waals surface area contributed by atoms with Gasteiger partial charge in [-0.15, -0.1) is 11.3 Å². The molecular formula is C17H18N2O4S. The topological polar surface area (TPSA) is 79.7 Å². The molecule has 1 amide bonds. The molecule has 0 saturated carbocycles. The Morgan fingerprint density at radius 1 is 1.50 bits per heavy atom. The molecule has 7 heteroatoms. The fourth-order valence-corrected chi connectivity index (χ4v) is 3.43. The number of thiazole rings is 1. The van der Waals surface area contributed by atoms with Crippen LogP contribution < -0.4 is 9.64 Å². The Morgan fingerprint density at radius 3 is 2.83 bits per heavy atom. The normalized spacial score (nSPS) is 18.0. The van der Waals surface area contributed by atoms with Crippen molar-refractivity contribution >= 4 is 28.9 Å². The molecule has 1 aromatic carbocycles. The van der Waals surface area contributed by atoms with Crippen molar-refractivity contribution < 1.29 is 19.4 Å². The van der Waals surface area contributed by atoms with Gasteiger partial charge >= 0.3 is 5.97 Å². The number of anilines is 1. The minimum Gasteiger partial charge on any atom is -0.480 e. The number of carbonyl (C=O) groups is 2. The molecule has 0 radical (unpaired) electrons. The lowest BCUT2D eigenvalue weighted by Gasteiger charge is -2.36. The predicted octanol–water partition coefficient (Wildman–Crippen LogP) is 3.10. The molecule has 2 unspecified atom stereocenters. The average Bonchev–Trinajstić information content (AvgIpc) is 2.97. The van der Waals surface area contributed by atoms with E-state index >= 15 is 0 Å². The van der Waals surface area contributed by atoms with E-state index in [1.54, 1.807) is 26.0 Å². The van der Waals surface area contributed by atoms with Gasteiger partial charge in [0, 0.05) is 10.9 Å². The minimum absolute atomic E-state index is 0.313. The summed E-state index contributed by atoms with van der Waals surface area (Å²) in [7, 11) is 0. The van der Waals surface area contributed by atoms with E-state index in [4.69, 9.17) is 4.74 Å². The summed E-state index contributed by atoms with van der Waals surface area (Å²) in [5.74, 6) is -0.860. The fraction of sp³-hybridized carbons (Fsp3) is 0.353. The number of hydrogen-bond acceptors (Lipinski definition) is 5. The van der Waals surface area contributed by atoms with Crippen LogP contribution in [0.3, 0.4) is 0 Å². The molecule has 126 valence electrons. The number of hydrogen-bond donors (Lipinski definition) is 1. The van der Waals surface area contributed by atoms with Crippen LogP contribution in [-0.2, 0) is 9.59 Å². The Hall–Kier alpha value is -2.41. The van der Waals surface area contributed by atoms with Crippen molar-refractivity contribution in [3.63, 3.8) is 0 Å². The maximum absolute atomic E-state index is 12.6. The van der Waals surface area contributed by atoms with Crippen molar-refractivity contribution in [2.24, 2.45) is 0 Å². The number of carbonyl (C=O) groups excluding carboxylic acids is 1. The molecule has 2 atom stereocenters. The van der Waals surface area contributed by atoms with Gasteiger partial charge in [-0.05, 0) is 38.5 Å². The van der Waals surface area contributed by atoms with Crippen LogP contribution in [0.1, 0.15) is 25.3 Å². The van der Waals surface area contributed by atoms with E-state index in [-0.39, 0.29) is 5.91 Å². The van der Waals surface area contributed by atoms with Crippen molar-refractivity contribution in [2.45, 2.75) is 39.3 Å². The largest absolute Gasteiger partial charge is 0.480 e. The maximum Gasteiger partial charge on any atom is 0.326 e. The van der Waals surface area contributed by atoms with E-state index in [0.29, 0.717) is 17.9 Å². The van der Waals surface area contributed by atoms with Crippen LogP contribution in [0.2, 0.25) is 0 Å². The lowest BCUT2D eigenvalue weighted by molar-refractivity contribution is -0.141. The number of amides is 1. The van der Waals surface area contributed by atoms with Gasteiger partial charge in [0.2, 0.25) is 0 Å². The summed E-state index contributed by atoms with van der Waals surface area (Å²) >= 11 is 1.54. The van der Waals surface area contributed by atoms with Gasteiger partial charge in [0.05, 0.1) is 16.4 Å². The Bertz CT molecular complexity index is 802. The highest BCUT2D eigenvalue weighted by atomic mass is 32.1. The molecule has 2 aromatic rings. The van der Waals surface area contributed by atoms with Crippen LogP contribution in [0.5, 0.6) is 5.75 Å². The van der Waals surface area contributed by atoms with Crippen molar-refractivity contribution in [1.29, 1.82) is 0 Å². The summed E-state index contributed by atoms with van der Waals surface area (Å²) in [6.45, 7) is 5.30. The third-order valence-corrected chi connectivity index (χ3v) is 4.78. The van der Waals surface area contributed by atoms with Gasteiger partial charge in [-0.2, -0.15) is 0 Å². The van der Waals surface area contributed by atoms with E-state index in [9.17, 15) is 14.7 Å². The molecule has 0 spiro atoms. The molecule has 1 N–H and O–H groups in total. The first-order chi connectivity index (χ1) is 11.4. The molecule has 1 aliphatic heterocycles. The first-order valence-electron chi connectivity index (χ1n) is 7.71. The number of aromatic nitrogens is 1. The molecular weight excluding hydrogens is 328 g/mol. The zero-order valence-electron chi connectivity index (χ0n) is 13.6. The minimum atomic E-state index is -1.03. The summed E-state index contributed by atoms with van der Waals surface area (Å²) in [4.78, 5) is 30.0. The molecule has 1 aromatic heterocycles. The second-order valence-electron chi connectivity index (χ2n) is 5.66. The van der Waals surface area contributed by atoms with Crippen LogP contribution in [0, 0.1) is 6.92 Å². The number of nitrogens with zero attached hydrogens (tertiary/aromatic N) is 2. The third kappa shape index (κ3) is 2.75. The van der Waals surface area contributed by atoms with E-state index in [1.165, 1.54) is 16.2 Å². The first-order valence-corrected chi connectivity index (χ1v) is 8.59. The Kier molecular flexibility index (Phi) is 4.28. The molecule has 1 aliphatic rings. The molecule has 0 aliphatic carbocycles. The van der Waals surface area contributed by atoms with Gasteiger partial charge in [-0.3, -0.25) is 9.69 Å². The summed E-state index contributed by atoms with van der Waals surface area (Å²) < 4.78 is 5.64. The van der Waals surface area contributed by atoms with Crippen molar-refractivity contribution in [3.05, 3.63) is 28.6 Å². The highest BCUT2D eigenvalue weighted by Crippen LogP contribution is 2.39. The van der Waals surface area contributed by atoms with Gasteiger partial charge < -0.3 is 9.84 Å². The number of carboxylic acid groups (broad SMARTS) is 1. The molecule has 3 rings (SSSR count). The standard InChI is InChI=1S/C17H18N2O4S/c1-4-13(17(21)22)19-14-7-11(12-8-24-10(3)18-12)5-6-15(14)23-9(2)16(19)20/h5-9,13H,4H2,1-3H3,(H,21,22). The van der Waals surface area contributed by atoms with E-state index in [2.05, 4.69) is 4.98 Å². The van der Waals surface area contributed by atoms with Crippen LogP contribution in [0.25, 0.3) is 11.3 Å². The highest BCUT2D eigenvalue weighted by molar-refractivity contribution is 7.09. The van der Waals surface area contributed by atoms with E-state index in [1.807, 2.05) is 18.4 Å². The number of benzene rings is 1. The number of carboxylic acids is 1. The maximum atomic E-state index is 12.6. The quantitative estimate of drug-likeness (QED) is 0.920. The Labute approximate surface area is 143 Å². The summed E-state index contributed by atoms with van der Waals surface area (Å²) in [6.07, 6.45) is -0.397. The number of fused-ring (bicyclic) bond motifs is 1. The summed E-state index contributed by atoms with van der Waals surface area (Å²) in [5, 5.41) is 12.4. The van der Waals surface area contributed by atoms with Gasteiger partial charge in [0.25, 0.3) is 5.91 Å². The molecule has 0 bridgehead atoms. The average molecular weight is 346 g/mol. The van der Waals surface area contributed by atoms with Crippen LogP contribution >= 0.6 is 11.3 Å². The zero-order chi connectivity index (χ0) is 17.4. The second kappa shape index (κ2) is 6.24. The van der Waals surface area contributed by atoms with Crippen molar-refractivity contribution in [2.75, 3.05) is 4.90 Å². The number of rotatable bonds is 4. The molecule has 2 heterocycles. The van der Waals surface area contributed by atoms with Gasteiger partial charge in [0.15, 0.2) is 6.10 Å². The van der Waals surface area contributed by atoms with Gasteiger partial charge in [-0.25, -0.2) is 9.78 Å². The fourth-order valence-electron chi connectivity index (χ4n) is 2.81. The number of aryl methyl sites for hydroxylation is 1. The monoisotopic (exact) mass is 346 g/mol. The first kappa shape index (κ1) is 16.4. The van der Waals surface area contributed by atoms with Crippen molar-refractivity contribution in [1.82, 2.24) is 4.98 Å². The van der Waals surface area contributed by atoms with Crippen LogP contribution in [-0.4, -0.2) is 34.1 Å². The van der Waals surface area contributed by atoms with E-state index in [0.717, 1.165) is 16.3 Å². The zero-order valence-corrected chi connectivity index (χ0v) is 14.5. The Balaban J connectivity index is 2.12. The molecule has 24 heavy (non-hydrogen) atoms. The lowest BCUT2D eigenvalue weighted by Crippen LogP contribution is -2.52. The third-order valence-electron chi connectivity index (χ3n) is 4.01. The summed E-state index contributed by atoms with van der Waals surface area (Å²) in [6, 6.07) is 4.49. The molecule has 0 saturated heterocycles. The smallest absolute Gasteiger partial charge is 0.326 e. The number of ether oxygens (including phenoxy) is 1. The van der Waals surface area contributed by atoms with Gasteiger partial charge in [-0.1, -0.05) is 6.92 Å². The molecule has 6 nitrogen and oxygen atoms in total. The lowest BCUT2D eigenvalue weighted by atomic mass is 10.0. The SMILES string of the molecule is CCC(C(=O)O)N1C(=O)C(C)Oc2ccc(-c3csc(C)n3)cc21. The van der Waals surface area contributed by atoms with Crippen molar-refractivity contribution in [3.8, 4) is 17.0 Å². The van der Waals surface area contributed by atoms with Crippen LogP contribution in [0.4, 0.5) is 5.69 Å². The predicted molar refractivity (Wildman–Crippen MR) is 91.6 cm³/mol. The van der Waals surface area contributed by atoms with Gasteiger partial charge in [0.1, 0.15) is 11.8 Å². The van der Waals surface area contributed by atoms with Crippen LogP contribution in [0.15, 0.2) is 23.6 Å². The second-order valence-corrected chi connectivity index (χ2v) is 6.73. The Morgan fingerprint density at radius 2 is 2.25 bits per heavy atom. The number of aliphatic carboxylic acids is 1.